The topological polar surface area (TPSA) is 60.7 Å². The second kappa shape index (κ2) is 14.7. The number of benzene rings is 3. The highest BCUT2D eigenvalue weighted by Gasteiger charge is 2.49. The Hall–Kier alpha value is -2.94. The third kappa shape index (κ3) is 10.6. The second-order valence-corrected chi connectivity index (χ2v) is 26.1. The Morgan fingerprint density at radius 3 is 0.596 bits per heavy atom. The molecular weight excluding hydrogens is 697 g/mol. The van der Waals surface area contributed by atoms with Crippen LogP contribution < -0.4 is 0 Å². The summed E-state index contributed by atoms with van der Waals surface area (Å²) in [5, 5.41) is 35.0. The van der Waals surface area contributed by atoms with Gasteiger partial charge in [-0.2, -0.15) is 0 Å². The summed E-state index contributed by atoms with van der Waals surface area (Å²) in [6.07, 6.45) is 5.99. The van der Waals surface area contributed by atoms with E-state index < -0.39 is 0 Å². The van der Waals surface area contributed by atoms with E-state index in [9.17, 15) is 15.3 Å². The maximum absolute atomic E-state index is 11.7. The van der Waals surface area contributed by atoms with Gasteiger partial charge in [-0.05, 0) is 137 Å². The van der Waals surface area contributed by atoms with Crippen molar-refractivity contribution in [3.63, 3.8) is 0 Å². The Morgan fingerprint density at radius 2 is 0.474 bits per heavy atom. The molecular formula is C54H84O3. The monoisotopic (exact) mass is 781 g/mol. The molecule has 3 aromatic rings. The average molecular weight is 781 g/mol. The maximum atomic E-state index is 11.7. The number of rotatable bonds is 6. The van der Waals surface area contributed by atoms with Gasteiger partial charge in [0.1, 0.15) is 17.2 Å². The van der Waals surface area contributed by atoms with E-state index in [1.807, 2.05) is 0 Å². The molecule has 0 atom stereocenters. The van der Waals surface area contributed by atoms with Gasteiger partial charge >= 0.3 is 0 Å². The van der Waals surface area contributed by atoms with E-state index in [1.165, 1.54) is 16.7 Å². The zero-order valence-electron chi connectivity index (χ0n) is 40.5. The summed E-state index contributed by atoms with van der Waals surface area (Å²) in [5.41, 5.74) is 8.80. The molecule has 4 rings (SSSR count). The standard InChI is InChI=1S/C54H84O3/c1-46(2,3)37-22-34(23-38(43(37)55)47(4,5)6)28-52(19)31-53(20,29-35-24-39(48(7,8)9)44(56)40(25-35)49(10,11)12)33-54(21,32-52)30-36-26-41(50(13,14)15)45(57)42(27-36)51(16,17)18/h22-27,55-57H,28-33H2,1-21H3. The molecule has 0 saturated heterocycles. The number of aromatic hydroxyl groups is 3. The van der Waals surface area contributed by atoms with Crippen LogP contribution in [0.5, 0.6) is 17.2 Å². The lowest BCUT2D eigenvalue weighted by atomic mass is 9.51. The van der Waals surface area contributed by atoms with Crippen LogP contribution in [0.2, 0.25) is 0 Å². The van der Waals surface area contributed by atoms with Crippen molar-refractivity contribution in [1.82, 2.24) is 0 Å². The van der Waals surface area contributed by atoms with Gasteiger partial charge < -0.3 is 15.3 Å². The molecule has 3 heteroatoms. The first-order valence-electron chi connectivity index (χ1n) is 21.9. The van der Waals surface area contributed by atoms with Crippen molar-refractivity contribution < 1.29 is 15.3 Å². The van der Waals surface area contributed by atoms with E-state index in [4.69, 9.17) is 0 Å². The molecule has 318 valence electrons. The third-order valence-electron chi connectivity index (χ3n) is 12.8. The summed E-state index contributed by atoms with van der Waals surface area (Å²) in [7, 11) is 0. The van der Waals surface area contributed by atoms with Gasteiger partial charge in [-0.15, -0.1) is 0 Å². The van der Waals surface area contributed by atoms with Crippen molar-refractivity contribution in [3.8, 4) is 17.2 Å². The number of phenols is 3. The summed E-state index contributed by atoms with van der Waals surface area (Å²) in [5.74, 6) is 1.32. The first-order valence-corrected chi connectivity index (χ1v) is 21.9. The van der Waals surface area contributed by atoms with Crippen molar-refractivity contribution in [1.29, 1.82) is 0 Å². The predicted octanol–water partition coefficient (Wildman–Crippen LogP) is 14.8. The molecule has 1 aliphatic carbocycles. The van der Waals surface area contributed by atoms with Gasteiger partial charge in [0, 0.05) is 0 Å². The summed E-state index contributed by atoms with van der Waals surface area (Å²) < 4.78 is 0. The number of hydrogen-bond donors (Lipinski definition) is 3. The fraction of sp³-hybridized carbons (Fsp3) is 0.667. The quantitative estimate of drug-likeness (QED) is 0.233. The van der Waals surface area contributed by atoms with Gasteiger partial charge in [-0.1, -0.05) is 182 Å². The number of hydrogen-bond acceptors (Lipinski definition) is 3. The van der Waals surface area contributed by atoms with Crippen LogP contribution >= 0.6 is 0 Å². The van der Waals surface area contributed by atoms with E-state index in [0.29, 0.717) is 17.2 Å². The largest absolute Gasteiger partial charge is 0.507 e. The number of phenolic OH excluding ortho intramolecular Hbond substituents is 3. The summed E-state index contributed by atoms with van der Waals surface area (Å²) in [6, 6.07) is 13.8. The Labute approximate surface area is 350 Å². The molecule has 1 aliphatic rings. The van der Waals surface area contributed by atoms with E-state index in [2.05, 4.69) is 182 Å². The van der Waals surface area contributed by atoms with Crippen LogP contribution in [-0.4, -0.2) is 15.3 Å². The second-order valence-electron chi connectivity index (χ2n) is 26.1. The minimum Gasteiger partial charge on any atom is -0.507 e. The van der Waals surface area contributed by atoms with Crippen molar-refractivity contribution in [3.05, 3.63) is 86.5 Å². The van der Waals surface area contributed by atoms with Gasteiger partial charge in [0.05, 0.1) is 0 Å². The lowest BCUT2D eigenvalue weighted by Crippen LogP contribution is -2.45. The maximum Gasteiger partial charge on any atom is 0.123 e. The zero-order valence-corrected chi connectivity index (χ0v) is 40.5. The molecule has 3 N–H and O–H groups in total. The summed E-state index contributed by atoms with van der Waals surface area (Å²) in [6.45, 7) is 47.3. The van der Waals surface area contributed by atoms with Crippen molar-refractivity contribution in [2.45, 2.75) is 216 Å². The van der Waals surface area contributed by atoms with Crippen LogP contribution in [0.1, 0.15) is 215 Å². The summed E-state index contributed by atoms with van der Waals surface area (Å²) >= 11 is 0. The molecule has 0 aromatic heterocycles. The van der Waals surface area contributed by atoms with Crippen LogP contribution in [0.4, 0.5) is 0 Å². The molecule has 0 heterocycles. The first-order chi connectivity index (χ1) is 25.3. The van der Waals surface area contributed by atoms with Crippen molar-refractivity contribution in [2.75, 3.05) is 0 Å². The Balaban J connectivity index is 1.95. The van der Waals surface area contributed by atoms with Gasteiger partial charge in [0.2, 0.25) is 0 Å². The SMILES string of the molecule is CC1(Cc2cc(C(C)(C)C)c(O)c(C(C)(C)C)c2)CC(C)(Cc2cc(C(C)(C)C)c(O)c(C(C)(C)C)c2)CC(C)(Cc2cc(C(C)(C)C)c(O)c(C(C)(C)C)c2)C1. The first kappa shape index (κ1) is 46.7. The van der Waals surface area contributed by atoms with Crippen LogP contribution in [0.25, 0.3) is 0 Å². The van der Waals surface area contributed by atoms with Crippen molar-refractivity contribution in [2.24, 2.45) is 16.2 Å². The normalized spacial score (nSPS) is 22.9. The lowest BCUT2D eigenvalue weighted by molar-refractivity contribution is -0.0114. The van der Waals surface area contributed by atoms with Gasteiger partial charge in [0.25, 0.3) is 0 Å². The van der Waals surface area contributed by atoms with Gasteiger partial charge in [-0.3, -0.25) is 0 Å². The average Bonchev–Trinajstić information content (AvgIpc) is 2.95. The molecule has 1 fully saturated rings. The van der Waals surface area contributed by atoms with Gasteiger partial charge in [-0.25, -0.2) is 0 Å². The minimum absolute atomic E-state index is 0.0315. The smallest absolute Gasteiger partial charge is 0.123 e. The van der Waals surface area contributed by atoms with E-state index in [1.54, 1.807) is 0 Å². The highest BCUT2D eigenvalue weighted by Crippen LogP contribution is 2.59. The highest BCUT2D eigenvalue weighted by atomic mass is 16.3. The lowest BCUT2D eigenvalue weighted by Gasteiger charge is -2.54. The molecule has 0 spiro atoms. The molecule has 0 aliphatic heterocycles. The Bertz CT molecular complexity index is 1610. The summed E-state index contributed by atoms with van der Waals surface area (Å²) in [4.78, 5) is 0. The van der Waals surface area contributed by atoms with Crippen LogP contribution in [-0.2, 0) is 51.8 Å². The predicted molar refractivity (Wildman–Crippen MR) is 246 cm³/mol. The van der Waals surface area contributed by atoms with Crippen LogP contribution in [0.3, 0.4) is 0 Å². The zero-order chi connectivity index (χ0) is 43.9. The molecule has 3 nitrogen and oxygen atoms in total. The van der Waals surface area contributed by atoms with E-state index in [0.717, 1.165) is 71.9 Å². The fourth-order valence-corrected chi connectivity index (χ4v) is 11.0. The molecule has 0 radical (unpaired) electrons. The highest BCUT2D eigenvalue weighted by molar-refractivity contribution is 5.52. The molecule has 1 saturated carbocycles. The molecule has 0 amide bonds. The van der Waals surface area contributed by atoms with Crippen LogP contribution in [0.15, 0.2) is 36.4 Å². The molecule has 0 bridgehead atoms. The van der Waals surface area contributed by atoms with Crippen molar-refractivity contribution >= 4 is 0 Å². The molecule has 3 aromatic carbocycles. The van der Waals surface area contributed by atoms with E-state index in [-0.39, 0.29) is 48.7 Å². The van der Waals surface area contributed by atoms with Gasteiger partial charge in [0.15, 0.2) is 0 Å². The third-order valence-corrected chi connectivity index (χ3v) is 12.8. The Kier molecular flexibility index (Phi) is 12.0. The minimum atomic E-state index is -0.195. The molecule has 57 heavy (non-hydrogen) atoms. The van der Waals surface area contributed by atoms with Crippen LogP contribution in [0, 0.1) is 16.2 Å². The molecule has 0 unspecified atom stereocenters. The Morgan fingerprint density at radius 1 is 0.333 bits per heavy atom. The fourth-order valence-electron chi connectivity index (χ4n) is 11.0. The van der Waals surface area contributed by atoms with E-state index >= 15 is 0 Å².